The molecule has 0 aromatic heterocycles. The Labute approximate surface area is 110 Å². The van der Waals surface area contributed by atoms with Gasteiger partial charge in [-0.3, -0.25) is 5.43 Å². The minimum absolute atomic E-state index is 0. The molecule has 0 aliphatic rings. The van der Waals surface area contributed by atoms with E-state index in [1.165, 1.54) is 12.4 Å². The minimum atomic E-state index is -0.971. The number of carboxylic acid groups (broad SMARTS) is 1. The second kappa shape index (κ2) is 8.77. The summed E-state index contributed by atoms with van der Waals surface area (Å²) in [6.45, 7) is 0. The van der Waals surface area contributed by atoms with E-state index in [-0.39, 0.29) is 12.4 Å². The van der Waals surface area contributed by atoms with E-state index in [4.69, 9.17) is 10.9 Å². The van der Waals surface area contributed by atoms with Crippen LogP contribution in [0.25, 0.3) is 6.08 Å². The first-order valence-electron chi connectivity index (χ1n) is 4.74. The van der Waals surface area contributed by atoms with Crippen molar-refractivity contribution in [2.45, 2.75) is 0 Å². The van der Waals surface area contributed by atoms with Gasteiger partial charge in [-0.15, -0.1) is 12.4 Å². The van der Waals surface area contributed by atoms with Gasteiger partial charge in [-0.1, -0.05) is 24.3 Å². The number of nitrogens with zero attached hydrogens (tertiary/aromatic N) is 2. The number of carboxylic acids is 1. The van der Waals surface area contributed by atoms with Crippen LogP contribution in [0.1, 0.15) is 11.1 Å². The quantitative estimate of drug-likeness (QED) is 0.244. The number of aliphatic carboxylic acids is 1. The molecule has 1 rings (SSSR count). The highest BCUT2D eigenvalue weighted by molar-refractivity contribution is 5.86. The van der Waals surface area contributed by atoms with Gasteiger partial charge in [0.15, 0.2) is 0 Å². The smallest absolute Gasteiger partial charge is 0.328 e. The first-order valence-corrected chi connectivity index (χ1v) is 4.74. The van der Waals surface area contributed by atoms with Crippen molar-refractivity contribution in [1.82, 2.24) is 5.43 Å². The Kier molecular flexibility index (Phi) is 7.63. The van der Waals surface area contributed by atoms with E-state index in [0.717, 1.165) is 17.2 Å². The van der Waals surface area contributed by atoms with Crippen LogP contribution in [-0.4, -0.2) is 23.6 Å². The van der Waals surface area contributed by atoms with Crippen LogP contribution in [0.4, 0.5) is 0 Å². The van der Waals surface area contributed by atoms with E-state index in [1.54, 1.807) is 18.3 Å². The van der Waals surface area contributed by atoms with Crippen molar-refractivity contribution < 1.29 is 9.90 Å². The predicted molar refractivity (Wildman–Crippen MR) is 73.8 cm³/mol. The zero-order valence-electron chi connectivity index (χ0n) is 9.35. The Morgan fingerprint density at radius 3 is 2.44 bits per heavy atom. The number of nitrogens with two attached hydrogens (primary N) is 1. The lowest BCUT2D eigenvalue weighted by molar-refractivity contribution is -0.131. The highest BCUT2D eigenvalue weighted by atomic mass is 35.5. The van der Waals surface area contributed by atoms with Crippen LogP contribution in [-0.2, 0) is 4.79 Å². The van der Waals surface area contributed by atoms with Crippen molar-refractivity contribution in [2.75, 3.05) is 0 Å². The summed E-state index contributed by atoms with van der Waals surface area (Å²) in [5, 5.41) is 15.5. The highest BCUT2D eigenvalue weighted by Gasteiger charge is 1.90. The average Bonchev–Trinajstić information content (AvgIpc) is 2.33. The van der Waals surface area contributed by atoms with E-state index in [0.29, 0.717) is 0 Å². The van der Waals surface area contributed by atoms with Gasteiger partial charge in [0.05, 0.1) is 6.21 Å². The number of benzene rings is 1. The van der Waals surface area contributed by atoms with Gasteiger partial charge in [-0.2, -0.15) is 10.2 Å². The Balaban J connectivity index is 0.00000289. The third-order valence-corrected chi connectivity index (χ3v) is 1.78. The molecule has 1 aromatic rings. The summed E-state index contributed by atoms with van der Waals surface area (Å²) in [5.74, 6) is 3.89. The van der Waals surface area contributed by atoms with Crippen LogP contribution in [0.2, 0.25) is 0 Å². The molecule has 4 N–H and O–H groups in total. The van der Waals surface area contributed by atoms with Crippen LogP contribution in [0, 0.1) is 0 Å². The van der Waals surface area contributed by atoms with Gasteiger partial charge in [0.25, 0.3) is 0 Å². The molecule has 7 heteroatoms. The lowest BCUT2D eigenvalue weighted by Crippen LogP contribution is -2.03. The molecule has 18 heavy (non-hydrogen) atoms. The maximum Gasteiger partial charge on any atom is 0.328 e. The van der Waals surface area contributed by atoms with Crippen LogP contribution in [0.3, 0.4) is 0 Å². The molecule has 0 unspecified atom stereocenters. The summed E-state index contributed by atoms with van der Waals surface area (Å²) < 4.78 is 0. The summed E-state index contributed by atoms with van der Waals surface area (Å²) in [6.07, 6.45) is 5.44. The van der Waals surface area contributed by atoms with Crippen molar-refractivity contribution in [3.63, 3.8) is 0 Å². The molecule has 0 fully saturated rings. The number of hydrogen-bond donors (Lipinski definition) is 3. The summed E-state index contributed by atoms with van der Waals surface area (Å²) in [7, 11) is 0. The van der Waals surface area contributed by atoms with Crippen molar-refractivity contribution in [1.29, 1.82) is 0 Å². The van der Waals surface area contributed by atoms with Gasteiger partial charge < -0.3 is 10.9 Å². The van der Waals surface area contributed by atoms with Gasteiger partial charge >= 0.3 is 5.97 Å². The number of nitrogens with one attached hydrogen (secondary N) is 1. The topological polar surface area (TPSA) is 100 Å². The Hall–Kier alpha value is -2.34. The normalized spacial score (nSPS) is 10.9. The largest absolute Gasteiger partial charge is 0.478 e. The summed E-state index contributed by atoms with van der Waals surface area (Å²) >= 11 is 0. The number of halogens is 1. The molecule has 1 aromatic carbocycles. The first-order chi connectivity index (χ1) is 8.22. The minimum Gasteiger partial charge on any atom is -0.478 e. The second-order valence-corrected chi connectivity index (χ2v) is 3.00. The first kappa shape index (κ1) is 15.7. The summed E-state index contributed by atoms with van der Waals surface area (Å²) in [5.41, 5.74) is 4.18. The van der Waals surface area contributed by atoms with E-state index in [2.05, 4.69) is 15.6 Å². The average molecular weight is 269 g/mol. The molecule has 0 bridgehead atoms. The molecule has 0 amide bonds. The number of hydrazone groups is 2. The van der Waals surface area contributed by atoms with E-state index >= 15 is 0 Å². The fourth-order valence-corrected chi connectivity index (χ4v) is 1.04. The monoisotopic (exact) mass is 268 g/mol. The molecule has 0 atom stereocenters. The lowest BCUT2D eigenvalue weighted by atomic mass is 10.1. The summed E-state index contributed by atoms with van der Waals surface area (Å²) in [4.78, 5) is 10.3. The maximum absolute atomic E-state index is 10.3. The molecule has 0 aliphatic heterocycles. The number of carbonyl (C=O) groups is 1. The third-order valence-electron chi connectivity index (χ3n) is 1.78. The van der Waals surface area contributed by atoms with Crippen LogP contribution < -0.4 is 11.3 Å². The standard InChI is InChI=1S/C11H12N4O2.ClH/c12-13-8-15-14-7-10-3-1-9(2-4-10)5-6-11(16)17;/h1-8H,12H2,(H,13,15)(H,16,17);1H. The molecular formula is C11H13ClN4O2. The van der Waals surface area contributed by atoms with E-state index in [9.17, 15) is 4.79 Å². The number of rotatable bonds is 5. The molecule has 0 heterocycles. The van der Waals surface area contributed by atoms with Crippen LogP contribution in [0.15, 0.2) is 40.5 Å². The van der Waals surface area contributed by atoms with Gasteiger partial charge in [0, 0.05) is 6.08 Å². The van der Waals surface area contributed by atoms with Gasteiger partial charge in [0.1, 0.15) is 6.34 Å². The van der Waals surface area contributed by atoms with Gasteiger partial charge in [-0.05, 0) is 17.2 Å². The predicted octanol–water partition coefficient (Wildman–Crippen LogP) is 1.03. The Bertz CT molecular complexity index is 455. The molecular weight excluding hydrogens is 256 g/mol. The Morgan fingerprint density at radius 1 is 1.28 bits per heavy atom. The zero-order valence-corrected chi connectivity index (χ0v) is 10.2. The summed E-state index contributed by atoms with van der Waals surface area (Å²) in [6, 6.07) is 7.20. The maximum atomic E-state index is 10.3. The molecule has 0 saturated carbocycles. The molecule has 0 saturated heterocycles. The SMILES string of the molecule is Cl.NN=CNN=Cc1ccc(C=CC(=O)O)cc1. The number of hydrogen-bond acceptors (Lipinski definition) is 4. The Morgan fingerprint density at radius 2 is 1.89 bits per heavy atom. The molecule has 0 radical (unpaired) electrons. The van der Waals surface area contributed by atoms with Crippen LogP contribution >= 0.6 is 12.4 Å². The van der Waals surface area contributed by atoms with Crippen molar-refractivity contribution in [2.24, 2.45) is 16.0 Å². The van der Waals surface area contributed by atoms with E-state index < -0.39 is 5.97 Å². The van der Waals surface area contributed by atoms with Crippen LogP contribution in [0.5, 0.6) is 0 Å². The fraction of sp³-hybridized carbons (Fsp3) is 0. The fourth-order valence-electron chi connectivity index (χ4n) is 1.04. The molecule has 0 spiro atoms. The van der Waals surface area contributed by atoms with Crippen molar-refractivity contribution in [3.05, 3.63) is 41.5 Å². The zero-order chi connectivity index (χ0) is 12.5. The highest BCUT2D eigenvalue weighted by Crippen LogP contribution is 2.04. The molecule has 6 nitrogen and oxygen atoms in total. The van der Waals surface area contributed by atoms with Crippen molar-refractivity contribution >= 4 is 37.0 Å². The second-order valence-electron chi connectivity index (χ2n) is 3.00. The van der Waals surface area contributed by atoms with Crippen molar-refractivity contribution in [3.8, 4) is 0 Å². The molecule has 0 aliphatic carbocycles. The van der Waals surface area contributed by atoms with Gasteiger partial charge in [-0.25, -0.2) is 4.79 Å². The van der Waals surface area contributed by atoms with Gasteiger partial charge in [0.2, 0.25) is 0 Å². The van der Waals surface area contributed by atoms with E-state index in [1.807, 2.05) is 12.1 Å². The third kappa shape index (κ3) is 6.29. The lowest BCUT2D eigenvalue weighted by Gasteiger charge is -1.95. The molecule has 96 valence electrons.